The molecule has 0 radical (unpaired) electrons. The molecule has 6 heteroatoms. The molecule has 2 heterocycles. The van der Waals surface area contributed by atoms with Gasteiger partial charge in [0, 0.05) is 23.8 Å². The fourth-order valence-corrected chi connectivity index (χ4v) is 4.79. The molecule has 5 rings (SSSR count). The van der Waals surface area contributed by atoms with Gasteiger partial charge in [0.05, 0.1) is 17.2 Å². The van der Waals surface area contributed by atoms with Crippen LogP contribution in [0.4, 0.5) is 0 Å². The molecular weight excluding hydrogens is 420 g/mol. The Balaban J connectivity index is 1.59. The number of aromatic nitrogens is 1. The predicted molar refractivity (Wildman–Crippen MR) is 127 cm³/mol. The monoisotopic (exact) mass is 444 g/mol. The summed E-state index contributed by atoms with van der Waals surface area (Å²) in [6.07, 6.45) is 4.23. The zero-order valence-electron chi connectivity index (χ0n) is 18.1. The number of hydrogen-bond acceptors (Lipinski definition) is 3. The number of amides is 1. The largest absolute Gasteiger partial charge is 0.346 e. The highest BCUT2D eigenvalue weighted by atomic mass is 35.5. The van der Waals surface area contributed by atoms with Crippen molar-refractivity contribution in [1.29, 1.82) is 5.41 Å². The van der Waals surface area contributed by atoms with Gasteiger partial charge in [-0.15, -0.1) is 0 Å². The van der Waals surface area contributed by atoms with E-state index >= 15 is 0 Å². The number of rotatable bonds is 4. The number of pyridine rings is 1. The number of nitrogens with zero attached hydrogens (tertiary/aromatic N) is 2. The lowest BCUT2D eigenvalue weighted by atomic mass is 9.73. The third kappa shape index (κ3) is 3.56. The van der Waals surface area contributed by atoms with Crippen LogP contribution in [0.2, 0.25) is 5.02 Å². The number of benzene rings is 2. The highest BCUT2D eigenvalue weighted by Crippen LogP contribution is 2.44. The first-order chi connectivity index (χ1) is 15.4. The molecule has 2 N–H and O–H groups in total. The van der Waals surface area contributed by atoms with Gasteiger partial charge >= 0.3 is 0 Å². The van der Waals surface area contributed by atoms with Crippen molar-refractivity contribution in [3.05, 3.63) is 88.6 Å². The third-order valence-corrected chi connectivity index (χ3v) is 6.90. The Morgan fingerprint density at radius 3 is 2.50 bits per heavy atom. The van der Waals surface area contributed by atoms with Crippen LogP contribution in [0.3, 0.4) is 0 Å². The van der Waals surface area contributed by atoms with E-state index in [4.69, 9.17) is 17.0 Å². The molecule has 5 nitrogen and oxygen atoms in total. The fourth-order valence-electron chi connectivity index (χ4n) is 4.60. The van der Waals surface area contributed by atoms with E-state index < -0.39 is 11.5 Å². The van der Waals surface area contributed by atoms with Crippen LogP contribution < -0.4 is 5.32 Å². The number of carbonyl (C=O) groups excluding carboxylic acids is 1. The normalized spacial score (nSPS) is 23.2. The van der Waals surface area contributed by atoms with Crippen molar-refractivity contribution in [2.24, 2.45) is 0 Å². The Labute approximate surface area is 192 Å². The van der Waals surface area contributed by atoms with E-state index in [1.54, 1.807) is 13.2 Å². The van der Waals surface area contributed by atoms with Crippen LogP contribution in [0.5, 0.6) is 0 Å². The topological polar surface area (TPSA) is 69.1 Å². The maximum absolute atomic E-state index is 13.5. The molecule has 3 aromatic rings. The van der Waals surface area contributed by atoms with E-state index in [2.05, 4.69) is 34.6 Å². The third-order valence-electron chi connectivity index (χ3n) is 6.67. The summed E-state index contributed by atoms with van der Waals surface area (Å²) in [6, 6.07) is 19.9. The second-order valence-corrected chi connectivity index (χ2v) is 9.32. The molecule has 32 heavy (non-hydrogen) atoms. The number of likely N-dealkylation sites (N-methyl/N-ethyl adjacent to an activating group) is 1. The minimum absolute atomic E-state index is 0.0875. The van der Waals surface area contributed by atoms with Crippen molar-refractivity contribution in [2.45, 2.75) is 37.1 Å². The molecule has 2 aromatic carbocycles. The number of nitrogens with one attached hydrogen (secondary N) is 2. The minimum Gasteiger partial charge on any atom is -0.346 e. The van der Waals surface area contributed by atoms with Crippen molar-refractivity contribution < 1.29 is 4.79 Å². The van der Waals surface area contributed by atoms with Gasteiger partial charge in [0.1, 0.15) is 0 Å². The van der Waals surface area contributed by atoms with E-state index in [0.717, 1.165) is 22.4 Å². The van der Waals surface area contributed by atoms with Crippen molar-refractivity contribution in [3.63, 3.8) is 0 Å². The second-order valence-electron chi connectivity index (χ2n) is 8.89. The Morgan fingerprint density at radius 1 is 1.09 bits per heavy atom. The maximum atomic E-state index is 13.5. The summed E-state index contributed by atoms with van der Waals surface area (Å²) in [6.45, 7) is 1.99. The highest BCUT2D eigenvalue weighted by Gasteiger charge is 2.48. The zero-order chi connectivity index (χ0) is 22.5. The summed E-state index contributed by atoms with van der Waals surface area (Å²) in [5, 5.41) is 12.3. The van der Waals surface area contributed by atoms with Crippen LogP contribution in [0.25, 0.3) is 11.3 Å². The average molecular weight is 445 g/mol. The summed E-state index contributed by atoms with van der Waals surface area (Å²) < 4.78 is 0. The number of hydrogen-bond donors (Lipinski definition) is 2. The van der Waals surface area contributed by atoms with E-state index in [1.807, 2.05) is 43.3 Å². The molecule has 0 spiro atoms. The van der Waals surface area contributed by atoms with Gasteiger partial charge in [0.15, 0.2) is 5.96 Å². The highest BCUT2D eigenvalue weighted by molar-refractivity contribution is 6.30. The lowest BCUT2D eigenvalue weighted by Crippen LogP contribution is -2.62. The Bertz CT molecular complexity index is 1200. The standard InChI is InChI=1S/C26H25ClN4O/c1-26(20-12-13-29-22(15-20)19-4-3-5-21(27)14-19)23(24(32)31(2)25(28)30-26)18-10-8-17(9-11-18)16-6-7-16/h3-5,8-16,23H,6-7H2,1-2H3,(H2,28,30)/t23-,26-/m1/s1. The summed E-state index contributed by atoms with van der Waals surface area (Å²) in [5.41, 5.74) is 4.04. The molecule has 1 aromatic heterocycles. The lowest BCUT2D eigenvalue weighted by molar-refractivity contribution is -0.131. The molecule has 162 valence electrons. The SMILES string of the molecule is CN1C(=N)N[C@](C)(c2ccnc(-c3cccc(Cl)c3)c2)[C@H](c2ccc(C3CC3)cc2)C1=O. The Hall–Kier alpha value is -3.18. The van der Waals surface area contributed by atoms with Gasteiger partial charge in [-0.25, -0.2) is 0 Å². The van der Waals surface area contributed by atoms with Gasteiger partial charge in [-0.05, 0) is 66.6 Å². The van der Waals surface area contributed by atoms with Crippen molar-refractivity contribution in [3.8, 4) is 11.3 Å². The van der Waals surface area contributed by atoms with E-state index in [0.29, 0.717) is 10.9 Å². The van der Waals surface area contributed by atoms with Crippen LogP contribution in [0.1, 0.15) is 48.3 Å². The fraction of sp³-hybridized carbons (Fsp3) is 0.269. The Morgan fingerprint density at radius 2 is 1.81 bits per heavy atom. The molecule has 2 atom stereocenters. The minimum atomic E-state index is -0.808. The first-order valence-electron chi connectivity index (χ1n) is 10.8. The van der Waals surface area contributed by atoms with Crippen LogP contribution >= 0.6 is 11.6 Å². The smallest absolute Gasteiger partial charge is 0.239 e. The number of guanidine groups is 1. The molecular formula is C26H25ClN4O. The number of carbonyl (C=O) groups is 1. The van der Waals surface area contributed by atoms with Crippen LogP contribution in [-0.4, -0.2) is 28.8 Å². The predicted octanol–water partition coefficient (Wildman–Crippen LogP) is 5.27. The molecule has 1 aliphatic carbocycles. The van der Waals surface area contributed by atoms with E-state index in [-0.39, 0.29) is 11.9 Å². The second kappa shape index (κ2) is 7.75. The lowest BCUT2D eigenvalue weighted by Gasteiger charge is -2.46. The van der Waals surface area contributed by atoms with Gasteiger partial charge in [-0.3, -0.25) is 20.1 Å². The van der Waals surface area contributed by atoms with Crippen molar-refractivity contribution in [2.75, 3.05) is 7.05 Å². The van der Waals surface area contributed by atoms with Crippen LogP contribution in [0.15, 0.2) is 66.9 Å². The first-order valence-corrected chi connectivity index (χ1v) is 11.2. The zero-order valence-corrected chi connectivity index (χ0v) is 18.9. The molecule has 1 saturated carbocycles. The van der Waals surface area contributed by atoms with Gasteiger partial charge in [-0.1, -0.05) is 48.0 Å². The Kier molecular flexibility index (Phi) is 5.01. The van der Waals surface area contributed by atoms with Gasteiger partial charge in [0.2, 0.25) is 5.91 Å². The first kappa shape index (κ1) is 20.7. The van der Waals surface area contributed by atoms with Crippen LogP contribution in [0, 0.1) is 5.41 Å². The van der Waals surface area contributed by atoms with Gasteiger partial charge in [0.25, 0.3) is 0 Å². The molecule has 2 fully saturated rings. The summed E-state index contributed by atoms with van der Waals surface area (Å²) in [4.78, 5) is 19.4. The molecule has 1 amide bonds. The average Bonchev–Trinajstić information content (AvgIpc) is 3.64. The van der Waals surface area contributed by atoms with Gasteiger partial charge in [-0.2, -0.15) is 0 Å². The quantitative estimate of drug-likeness (QED) is 0.575. The van der Waals surface area contributed by atoms with E-state index in [1.165, 1.54) is 23.3 Å². The van der Waals surface area contributed by atoms with Gasteiger partial charge < -0.3 is 5.32 Å². The summed E-state index contributed by atoms with van der Waals surface area (Å²) in [7, 11) is 1.65. The summed E-state index contributed by atoms with van der Waals surface area (Å²) >= 11 is 6.19. The number of halogens is 1. The molecule has 0 unspecified atom stereocenters. The van der Waals surface area contributed by atoms with Crippen molar-refractivity contribution >= 4 is 23.5 Å². The van der Waals surface area contributed by atoms with E-state index in [9.17, 15) is 4.79 Å². The molecule has 1 saturated heterocycles. The summed E-state index contributed by atoms with van der Waals surface area (Å²) in [5.74, 6) is 0.164. The molecule has 0 bridgehead atoms. The van der Waals surface area contributed by atoms with Crippen molar-refractivity contribution in [1.82, 2.24) is 15.2 Å². The maximum Gasteiger partial charge on any atom is 0.239 e. The van der Waals surface area contributed by atoms with Crippen LogP contribution in [-0.2, 0) is 10.3 Å². The molecule has 2 aliphatic rings. The molecule has 1 aliphatic heterocycles.